The van der Waals surface area contributed by atoms with Crippen LogP contribution in [0, 0.1) is 6.92 Å². The van der Waals surface area contributed by atoms with Crippen molar-refractivity contribution >= 4 is 5.91 Å². The fourth-order valence-corrected chi connectivity index (χ4v) is 3.13. The molecular formula is C17H26N2O2. The van der Waals surface area contributed by atoms with Crippen molar-refractivity contribution in [3.63, 3.8) is 0 Å². The number of methoxy groups -OCH3 is 1. The van der Waals surface area contributed by atoms with Crippen molar-refractivity contribution in [1.29, 1.82) is 0 Å². The van der Waals surface area contributed by atoms with Crippen molar-refractivity contribution in [3.05, 3.63) is 29.3 Å². The Balaban J connectivity index is 2.27. The minimum absolute atomic E-state index is 0.0490. The monoisotopic (exact) mass is 290 g/mol. The number of amides is 1. The second kappa shape index (κ2) is 7.46. The van der Waals surface area contributed by atoms with Crippen LogP contribution in [-0.4, -0.2) is 37.0 Å². The van der Waals surface area contributed by atoms with E-state index < -0.39 is 0 Å². The molecule has 1 aliphatic carbocycles. The molecule has 21 heavy (non-hydrogen) atoms. The molecule has 0 spiro atoms. The minimum Gasteiger partial charge on any atom is -0.496 e. The number of hydrogen-bond donors (Lipinski definition) is 1. The van der Waals surface area contributed by atoms with Gasteiger partial charge in [-0.2, -0.15) is 0 Å². The van der Waals surface area contributed by atoms with Crippen LogP contribution in [0.15, 0.2) is 18.2 Å². The van der Waals surface area contributed by atoms with Gasteiger partial charge in [0.15, 0.2) is 0 Å². The molecule has 1 fully saturated rings. The van der Waals surface area contributed by atoms with Crippen LogP contribution in [0.1, 0.15) is 48.0 Å². The van der Waals surface area contributed by atoms with Crippen molar-refractivity contribution in [2.45, 2.75) is 45.1 Å². The topological polar surface area (TPSA) is 55.6 Å². The van der Waals surface area contributed by atoms with Crippen LogP contribution in [0.2, 0.25) is 0 Å². The highest BCUT2D eigenvalue weighted by atomic mass is 16.5. The first-order chi connectivity index (χ1) is 10.2. The van der Waals surface area contributed by atoms with Gasteiger partial charge in [0.05, 0.1) is 12.7 Å². The van der Waals surface area contributed by atoms with Crippen LogP contribution in [0.3, 0.4) is 0 Å². The summed E-state index contributed by atoms with van der Waals surface area (Å²) >= 11 is 0. The van der Waals surface area contributed by atoms with Gasteiger partial charge in [-0.1, -0.05) is 30.9 Å². The number of rotatable bonds is 5. The zero-order valence-electron chi connectivity index (χ0n) is 13.1. The van der Waals surface area contributed by atoms with E-state index in [1.54, 1.807) is 7.11 Å². The molecule has 2 N–H and O–H groups in total. The van der Waals surface area contributed by atoms with Gasteiger partial charge >= 0.3 is 0 Å². The van der Waals surface area contributed by atoms with E-state index in [1.165, 1.54) is 19.3 Å². The van der Waals surface area contributed by atoms with E-state index >= 15 is 0 Å². The van der Waals surface area contributed by atoms with Crippen LogP contribution >= 0.6 is 0 Å². The molecule has 0 aliphatic heterocycles. The highest BCUT2D eigenvalue weighted by Crippen LogP contribution is 2.27. The van der Waals surface area contributed by atoms with Crippen LogP contribution in [0.25, 0.3) is 0 Å². The molecule has 4 heteroatoms. The third-order valence-electron chi connectivity index (χ3n) is 4.23. The summed E-state index contributed by atoms with van der Waals surface area (Å²) in [6.07, 6.45) is 5.84. The van der Waals surface area contributed by atoms with Crippen molar-refractivity contribution in [2.24, 2.45) is 5.73 Å². The Labute approximate surface area is 127 Å². The molecule has 0 aromatic heterocycles. The predicted molar refractivity (Wildman–Crippen MR) is 84.7 cm³/mol. The minimum atomic E-state index is 0.0490. The fraction of sp³-hybridized carbons (Fsp3) is 0.588. The molecule has 1 aliphatic rings. The molecular weight excluding hydrogens is 264 g/mol. The summed E-state index contributed by atoms with van der Waals surface area (Å²) in [7, 11) is 1.61. The lowest BCUT2D eigenvalue weighted by molar-refractivity contribution is 0.0638. The summed E-state index contributed by atoms with van der Waals surface area (Å²) in [4.78, 5) is 14.9. The normalized spacial score (nSPS) is 15.8. The van der Waals surface area contributed by atoms with E-state index in [2.05, 4.69) is 0 Å². The Kier molecular flexibility index (Phi) is 5.62. The lowest BCUT2D eigenvalue weighted by atomic mass is 9.93. The van der Waals surface area contributed by atoms with Crippen molar-refractivity contribution in [2.75, 3.05) is 20.2 Å². The number of ether oxygens (including phenoxy) is 1. The molecule has 1 aromatic rings. The van der Waals surface area contributed by atoms with Gasteiger partial charge in [0.2, 0.25) is 0 Å². The largest absolute Gasteiger partial charge is 0.496 e. The van der Waals surface area contributed by atoms with Gasteiger partial charge in [0.1, 0.15) is 5.75 Å². The molecule has 0 radical (unpaired) electrons. The highest BCUT2D eigenvalue weighted by molar-refractivity contribution is 5.97. The van der Waals surface area contributed by atoms with Gasteiger partial charge in [0, 0.05) is 19.1 Å². The molecule has 0 atom stereocenters. The molecule has 1 saturated carbocycles. The molecule has 116 valence electrons. The lowest BCUT2D eigenvalue weighted by Gasteiger charge is -2.34. The maximum Gasteiger partial charge on any atom is 0.257 e. The summed E-state index contributed by atoms with van der Waals surface area (Å²) in [6, 6.07) is 6.06. The summed E-state index contributed by atoms with van der Waals surface area (Å²) < 4.78 is 5.36. The third-order valence-corrected chi connectivity index (χ3v) is 4.23. The fourth-order valence-electron chi connectivity index (χ4n) is 3.13. The Hall–Kier alpha value is -1.55. The van der Waals surface area contributed by atoms with Crippen LogP contribution in [0.4, 0.5) is 0 Å². The van der Waals surface area contributed by atoms with E-state index in [4.69, 9.17) is 10.5 Å². The second-order valence-corrected chi connectivity index (χ2v) is 5.78. The number of carbonyl (C=O) groups is 1. The SMILES string of the molecule is COc1ccc(C)cc1C(=O)N(CCN)C1CCCCC1. The first-order valence-corrected chi connectivity index (χ1v) is 7.83. The van der Waals surface area contributed by atoms with Crippen LogP contribution < -0.4 is 10.5 Å². The van der Waals surface area contributed by atoms with Crippen molar-refractivity contribution in [1.82, 2.24) is 4.90 Å². The van der Waals surface area contributed by atoms with Gasteiger partial charge in [-0.25, -0.2) is 0 Å². The Morgan fingerprint density at radius 2 is 2.05 bits per heavy atom. The van der Waals surface area contributed by atoms with Crippen molar-refractivity contribution in [3.8, 4) is 5.75 Å². The molecule has 1 amide bonds. The average molecular weight is 290 g/mol. The number of nitrogens with two attached hydrogens (primary N) is 1. The molecule has 0 bridgehead atoms. The smallest absolute Gasteiger partial charge is 0.257 e. The summed E-state index contributed by atoms with van der Waals surface area (Å²) in [5.74, 6) is 0.691. The van der Waals surface area contributed by atoms with Crippen LogP contribution in [0.5, 0.6) is 5.75 Å². The van der Waals surface area contributed by atoms with Crippen molar-refractivity contribution < 1.29 is 9.53 Å². The average Bonchev–Trinajstić information content (AvgIpc) is 2.52. The lowest BCUT2D eigenvalue weighted by Crippen LogP contribution is -2.44. The number of aryl methyl sites for hydroxylation is 1. The van der Waals surface area contributed by atoms with Crippen LogP contribution in [-0.2, 0) is 0 Å². The van der Waals surface area contributed by atoms with E-state index in [0.29, 0.717) is 30.4 Å². The van der Waals surface area contributed by atoms with Gasteiger partial charge in [0.25, 0.3) is 5.91 Å². The zero-order chi connectivity index (χ0) is 15.2. The first kappa shape index (κ1) is 15.8. The third kappa shape index (κ3) is 3.76. The maximum atomic E-state index is 13.0. The van der Waals surface area contributed by atoms with Gasteiger partial charge in [-0.05, 0) is 31.9 Å². The highest BCUT2D eigenvalue weighted by Gasteiger charge is 2.27. The second-order valence-electron chi connectivity index (χ2n) is 5.78. The van der Waals surface area contributed by atoms with E-state index in [1.807, 2.05) is 30.0 Å². The van der Waals surface area contributed by atoms with Gasteiger partial charge in [-0.15, -0.1) is 0 Å². The maximum absolute atomic E-state index is 13.0. The quantitative estimate of drug-likeness (QED) is 0.907. The van der Waals surface area contributed by atoms with E-state index in [0.717, 1.165) is 18.4 Å². The zero-order valence-corrected chi connectivity index (χ0v) is 13.1. The van der Waals surface area contributed by atoms with E-state index in [-0.39, 0.29) is 5.91 Å². The standard InChI is InChI=1S/C17H26N2O2/c1-13-8-9-16(21-2)15(12-13)17(20)19(11-10-18)14-6-4-3-5-7-14/h8-9,12,14H,3-7,10-11,18H2,1-2H3. The Morgan fingerprint density at radius 1 is 1.33 bits per heavy atom. The summed E-state index contributed by atoms with van der Waals surface area (Å²) in [6.45, 7) is 3.10. The number of benzene rings is 1. The predicted octanol–water partition coefficient (Wildman–Crippen LogP) is 2.74. The number of nitrogens with zero attached hydrogens (tertiary/aromatic N) is 1. The Bertz CT molecular complexity index is 482. The summed E-state index contributed by atoms with van der Waals surface area (Å²) in [5, 5.41) is 0. The molecule has 1 aromatic carbocycles. The first-order valence-electron chi connectivity index (χ1n) is 7.83. The molecule has 0 unspecified atom stereocenters. The molecule has 2 rings (SSSR count). The molecule has 0 saturated heterocycles. The van der Waals surface area contributed by atoms with Gasteiger partial charge in [-0.3, -0.25) is 4.79 Å². The Morgan fingerprint density at radius 3 is 2.67 bits per heavy atom. The van der Waals surface area contributed by atoms with Gasteiger partial charge < -0.3 is 15.4 Å². The number of hydrogen-bond acceptors (Lipinski definition) is 3. The molecule has 0 heterocycles. The molecule has 4 nitrogen and oxygen atoms in total. The summed E-state index contributed by atoms with van der Waals surface area (Å²) in [5.41, 5.74) is 7.44. The number of carbonyl (C=O) groups excluding carboxylic acids is 1. The van der Waals surface area contributed by atoms with E-state index in [9.17, 15) is 4.79 Å².